The standard InChI is InChI=1S/C32H25NO6/c1-3-17-9-11-24-21(13-17)29(34)27(31(36)38-24)26(20-15-19-7-5-6-8-23(19)33-16-20)28-30(35)22-14-18(4-2)10-12-25(22)39-32(28)37/h5-16,26,34-35H,3-4H2,1-2H3. The summed E-state index contributed by atoms with van der Waals surface area (Å²) in [5.41, 5.74) is 1.41. The van der Waals surface area contributed by atoms with Gasteiger partial charge in [0.15, 0.2) is 0 Å². The van der Waals surface area contributed by atoms with Gasteiger partial charge in [-0.05, 0) is 65.9 Å². The van der Waals surface area contributed by atoms with Gasteiger partial charge in [0, 0.05) is 11.6 Å². The molecule has 0 saturated carbocycles. The number of pyridine rings is 1. The Kier molecular flexibility index (Phi) is 5.91. The van der Waals surface area contributed by atoms with E-state index in [0.717, 1.165) is 16.5 Å². The molecule has 3 aromatic heterocycles. The number of aryl methyl sites for hydroxylation is 2. The summed E-state index contributed by atoms with van der Waals surface area (Å²) in [6.07, 6.45) is 2.94. The van der Waals surface area contributed by atoms with Crippen molar-refractivity contribution in [2.45, 2.75) is 32.6 Å². The summed E-state index contributed by atoms with van der Waals surface area (Å²) in [6, 6.07) is 19.6. The molecule has 0 aliphatic heterocycles. The lowest BCUT2D eigenvalue weighted by atomic mass is 9.84. The van der Waals surface area contributed by atoms with Crippen LogP contribution in [0.2, 0.25) is 0 Å². The van der Waals surface area contributed by atoms with Gasteiger partial charge >= 0.3 is 11.3 Å². The Morgan fingerprint density at radius 3 is 1.82 bits per heavy atom. The van der Waals surface area contributed by atoms with E-state index in [2.05, 4.69) is 4.98 Å². The van der Waals surface area contributed by atoms with E-state index in [1.54, 1.807) is 30.3 Å². The highest BCUT2D eigenvalue weighted by molar-refractivity contribution is 5.88. The smallest absolute Gasteiger partial charge is 0.344 e. The normalized spacial score (nSPS) is 11.7. The second kappa shape index (κ2) is 9.44. The van der Waals surface area contributed by atoms with Crippen LogP contribution in [0.25, 0.3) is 32.8 Å². The molecule has 39 heavy (non-hydrogen) atoms. The summed E-state index contributed by atoms with van der Waals surface area (Å²) in [4.78, 5) is 31.5. The van der Waals surface area contributed by atoms with Crippen LogP contribution in [0.4, 0.5) is 0 Å². The zero-order valence-electron chi connectivity index (χ0n) is 21.4. The molecule has 0 aliphatic rings. The van der Waals surface area contributed by atoms with Crippen LogP contribution in [0.5, 0.6) is 11.5 Å². The predicted molar refractivity (Wildman–Crippen MR) is 150 cm³/mol. The number of aromatic nitrogens is 1. The first-order valence-corrected chi connectivity index (χ1v) is 12.8. The van der Waals surface area contributed by atoms with Crippen LogP contribution in [0.1, 0.15) is 47.6 Å². The number of nitrogens with zero attached hydrogens (tertiary/aromatic N) is 1. The van der Waals surface area contributed by atoms with E-state index in [1.807, 2.05) is 50.2 Å². The summed E-state index contributed by atoms with van der Waals surface area (Å²) in [7, 11) is 0. The van der Waals surface area contributed by atoms with Crippen LogP contribution < -0.4 is 11.3 Å². The Morgan fingerprint density at radius 2 is 1.28 bits per heavy atom. The van der Waals surface area contributed by atoms with Crippen molar-refractivity contribution in [2.75, 3.05) is 0 Å². The lowest BCUT2D eigenvalue weighted by Crippen LogP contribution is -2.21. The molecular formula is C32H25NO6. The second-order valence-electron chi connectivity index (χ2n) is 9.57. The molecule has 0 bridgehead atoms. The van der Waals surface area contributed by atoms with Crippen LogP contribution in [-0.2, 0) is 12.8 Å². The summed E-state index contributed by atoms with van der Waals surface area (Å²) in [5, 5.41) is 24.5. The molecule has 6 aromatic rings. The molecule has 7 nitrogen and oxygen atoms in total. The third-order valence-electron chi connectivity index (χ3n) is 7.29. The first-order valence-electron chi connectivity index (χ1n) is 12.8. The van der Waals surface area contributed by atoms with Gasteiger partial charge in [-0.25, -0.2) is 9.59 Å². The molecular weight excluding hydrogens is 494 g/mol. The van der Waals surface area contributed by atoms with Gasteiger partial charge < -0.3 is 19.0 Å². The third kappa shape index (κ3) is 4.03. The maximum atomic E-state index is 13.5. The maximum Gasteiger partial charge on any atom is 0.344 e. The highest BCUT2D eigenvalue weighted by atomic mass is 16.4. The fraction of sp³-hybridized carbons (Fsp3) is 0.156. The average molecular weight is 520 g/mol. The Morgan fingerprint density at radius 1 is 0.744 bits per heavy atom. The minimum Gasteiger partial charge on any atom is -0.507 e. The number of fused-ring (bicyclic) bond motifs is 3. The molecule has 0 saturated heterocycles. The monoisotopic (exact) mass is 519 g/mol. The van der Waals surface area contributed by atoms with Crippen molar-refractivity contribution in [1.82, 2.24) is 4.98 Å². The van der Waals surface area contributed by atoms with Crippen LogP contribution >= 0.6 is 0 Å². The van der Waals surface area contributed by atoms with E-state index in [0.29, 0.717) is 34.7 Å². The zero-order valence-corrected chi connectivity index (χ0v) is 21.4. The SMILES string of the molecule is CCc1ccc2oc(=O)c(C(c3cnc4ccccc4c3)c3c(O)c4cc(CC)ccc4oc3=O)c(O)c2c1. The minimum absolute atomic E-state index is 0.179. The van der Waals surface area contributed by atoms with Gasteiger partial charge in [0.05, 0.1) is 33.3 Å². The number of aromatic hydroxyl groups is 2. The van der Waals surface area contributed by atoms with Crippen molar-refractivity contribution in [3.8, 4) is 11.5 Å². The highest BCUT2D eigenvalue weighted by Crippen LogP contribution is 2.42. The lowest BCUT2D eigenvalue weighted by Gasteiger charge is -2.20. The number of benzene rings is 3. The molecule has 0 aliphatic carbocycles. The molecule has 0 spiro atoms. The van der Waals surface area contributed by atoms with Gasteiger partial charge in [-0.1, -0.05) is 44.2 Å². The second-order valence-corrected chi connectivity index (χ2v) is 9.57. The van der Waals surface area contributed by atoms with Crippen molar-refractivity contribution in [2.24, 2.45) is 0 Å². The number of rotatable bonds is 5. The van der Waals surface area contributed by atoms with Gasteiger partial charge in [-0.15, -0.1) is 0 Å². The topological polar surface area (TPSA) is 114 Å². The van der Waals surface area contributed by atoms with Gasteiger partial charge in [0.2, 0.25) is 0 Å². The molecule has 0 unspecified atom stereocenters. The van der Waals surface area contributed by atoms with Gasteiger partial charge in [-0.3, -0.25) is 4.98 Å². The Balaban J connectivity index is 1.73. The summed E-state index contributed by atoms with van der Waals surface area (Å²) < 4.78 is 11.3. The fourth-order valence-electron chi connectivity index (χ4n) is 5.17. The quantitative estimate of drug-likeness (QED) is 0.262. The molecule has 3 heterocycles. The minimum atomic E-state index is -1.22. The summed E-state index contributed by atoms with van der Waals surface area (Å²) in [5.74, 6) is -1.87. The fourth-order valence-corrected chi connectivity index (χ4v) is 5.17. The maximum absolute atomic E-state index is 13.5. The molecule has 194 valence electrons. The van der Waals surface area contributed by atoms with Crippen molar-refractivity contribution in [1.29, 1.82) is 0 Å². The van der Waals surface area contributed by atoms with Gasteiger partial charge in [0.25, 0.3) is 0 Å². The Labute approximate surface area is 222 Å². The first kappa shape index (κ1) is 24.4. The van der Waals surface area contributed by atoms with Gasteiger partial charge in [0.1, 0.15) is 22.7 Å². The lowest BCUT2D eigenvalue weighted by molar-refractivity contribution is 0.441. The van der Waals surface area contributed by atoms with E-state index in [9.17, 15) is 19.8 Å². The van der Waals surface area contributed by atoms with Crippen LogP contribution in [-0.4, -0.2) is 15.2 Å². The van der Waals surface area contributed by atoms with E-state index in [4.69, 9.17) is 8.83 Å². The molecule has 0 radical (unpaired) electrons. The molecule has 0 amide bonds. The van der Waals surface area contributed by atoms with E-state index in [-0.39, 0.29) is 33.8 Å². The summed E-state index contributed by atoms with van der Waals surface area (Å²) in [6.45, 7) is 3.95. The average Bonchev–Trinajstić information content (AvgIpc) is 2.95. The predicted octanol–water partition coefficient (Wildman–Crippen LogP) is 6.16. The highest BCUT2D eigenvalue weighted by Gasteiger charge is 2.33. The molecule has 7 heteroatoms. The molecule has 0 atom stereocenters. The Hall–Kier alpha value is -4.91. The van der Waals surface area contributed by atoms with Crippen molar-refractivity contribution < 1.29 is 19.0 Å². The Bertz CT molecular complexity index is 1910. The molecule has 3 aromatic carbocycles. The molecule has 2 N–H and O–H groups in total. The van der Waals surface area contributed by atoms with E-state index < -0.39 is 17.2 Å². The third-order valence-corrected chi connectivity index (χ3v) is 7.29. The molecule has 0 fully saturated rings. The van der Waals surface area contributed by atoms with Crippen molar-refractivity contribution >= 4 is 32.8 Å². The molecule has 6 rings (SSSR count). The van der Waals surface area contributed by atoms with E-state index in [1.165, 1.54) is 6.20 Å². The van der Waals surface area contributed by atoms with E-state index >= 15 is 0 Å². The number of hydrogen-bond acceptors (Lipinski definition) is 7. The van der Waals surface area contributed by atoms with Crippen molar-refractivity contribution in [3.63, 3.8) is 0 Å². The number of hydrogen-bond donors (Lipinski definition) is 2. The van der Waals surface area contributed by atoms with Crippen LogP contribution in [0, 0.1) is 0 Å². The van der Waals surface area contributed by atoms with Crippen LogP contribution in [0.3, 0.4) is 0 Å². The zero-order chi connectivity index (χ0) is 27.3. The first-order chi connectivity index (χ1) is 18.9. The van der Waals surface area contributed by atoms with Gasteiger partial charge in [-0.2, -0.15) is 0 Å². The summed E-state index contributed by atoms with van der Waals surface area (Å²) >= 11 is 0. The van der Waals surface area contributed by atoms with Crippen LogP contribution in [0.15, 0.2) is 91.4 Å². The van der Waals surface area contributed by atoms with Crippen molar-refractivity contribution in [3.05, 3.63) is 122 Å². The number of para-hydroxylation sites is 1. The largest absolute Gasteiger partial charge is 0.507 e.